The standard InChI is InChI=1S/C27H30Cl2N6OS/c1-19(2)14-33-27(37)34(17-22-4-3-5-24(28)26(22)29)11-10-32-25(36)12-23-15-31-18-35(23)16-21-8-6-20(13-30)7-9-21/h3-9,15,18-19H,10-12,14,16-17H2,1-2H3,(H,32,36)(H,33,37). The fourth-order valence-corrected chi connectivity index (χ4v) is 4.23. The normalized spacial score (nSPS) is 10.7. The van der Waals surface area contributed by atoms with Crippen LogP contribution in [0.15, 0.2) is 55.0 Å². The van der Waals surface area contributed by atoms with Crippen molar-refractivity contribution in [3.05, 3.63) is 87.4 Å². The molecule has 37 heavy (non-hydrogen) atoms. The molecule has 3 aromatic rings. The molecule has 10 heteroatoms. The summed E-state index contributed by atoms with van der Waals surface area (Å²) < 4.78 is 1.93. The number of nitrogens with zero attached hydrogens (tertiary/aromatic N) is 4. The Hall–Kier alpha value is -3.12. The molecular weight excluding hydrogens is 527 g/mol. The maximum absolute atomic E-state index is 12.7. The summed E-state index contributed by atoms with van der Waals surface area (Å²) in [6, 6.07) is 15.0. The number of nitriles is 1. The predicted molar refractivity (Wildman–Crippen MR) is 152 cm³/mol. The van der Waals surface area contributed by atoms with Gasteiger partial charge < -0.3 is 20.1 Å². The van der Waals surface area contributed by atoms with Gasteiger partial charge in [0.1, 0.15) is 0 Å². The second kappa shape index (κ2) is 14.0. The molecule has 2 aromatic carbocycles. The highest BCUT2D eigenvalue weighted by Gasteiger charge is 2.15. The summed E-state index contributed by atoms with van der Waals surface area (Å²) in [5.74, 6) is 0.326. The van der Waals surface area contributed by atoms with Gasteiger partial charge in [0.25, 0.3) is 0 Å². The molecular formula is C27H30Cl2N6OS. The highest BCUT2D eigenvalue weighted by atomic mass is 35.5. The number of rotatable bonds is 11. The van der Waals surface area contributed by atoms with Gasteiger partial charge in [-0.15, -0.1) is 0 Å². The van der Waals surface area contributed by atoms with E-state index in [4.69, 9.17) is 40.7 Å². The van der Waals surface area contributed by atoms with Crippen LogP contribution in [0, 0.1) is 17.2 Å². The van der Waals surface area contributed by atoms with E-state index in [1.54, 1.807) is 30.7 Å². The highest BCUT2D eigenvalue weighted by Crippen LogP contribution is 2.26. The Kier molecular flexibility index (Phi) is 10.8. The van der Waals surface area contributed by atoms with Gasteiger partial charge in [-0.2, -0.15) is 5.26 Å². The maximum atomic E-state index is 12.7. The minimum absolute atomic E-state index is 0.108. The van der Waals surface area contributed by atoms with Gasteiger partial charge in [-0.25, -0.2) is 4.98 Å². The Morgan fingerprint density at radius 1 is 1.19 bits per heavy atom. The van der Waals surface area contributed by atoms with E-state index in [1.165, 1.54) is 0 Å². The first-order valence-corrected chi connectivity index (χ1v) is 13.1. The zero-order chi connectivity index (χ0) is 26.8. The molecule has 0 spiro atoms. The van der Waals surface area contributed by atoms with Gasteiger partial charge in [-0.1, -0.05) is 61.3 Å². The summed E-state index contributed by atoms with van der Waals surface area (Å²) in [6.07, 6.45) is 3.60. The number of carbonyl (C=O) groups is 1. The van der Waals surface area contributed by atoms with E-state index >= 15 is 0 Å². The van der Waals surface area contributed by atoms with Crippen molar-refractivity contribution in [1.82, 2.24) is 25.1 Å². The van der Waals surface area contributed by atoms with Gasteiger partial charge in [0, 0.05) is 44.6 Å². The lowest BCUT2D eigenvalue weighted by Crippen LogP contribution is -2.44. The predicted octanol–water partition coefficient (Wildman–Crippen LogP) is 4.80. The molecule has 0 fully saturated rings. The first-order chi connectivity index (χ1) is 17.8. The van der Waals surface area contributed by atoms with Crippen LogP contribution in [0.1, 0.15) is 36.2 Å². The van der Waals surface area contributed by atoms with Crippen molar-refractivity contribution in [2.45, 2.75) is 33.4 Å². The third kappa shape index (κ3) is 8.74. The largest absolute Gasteiger partial charge is 0.362 e. The van der Waals surface area contributed by atoms with Gasteiger partial charge in [-0.3, -0.25) is 4.79 Å². The first-order valence-electron chi connectivity index (χ1n) is 12.0. The van der Waals surface area contributed by atoms with Crippen LogP contribution in [0.25, 0.3) is 0 Å². The van der Waals surface area contributed by atoms with E-state index in [1.807, 2.05) is 33.7 Å². The van der Waals surface area contributed by atoms with Crippen LogP contribution in [-0.4, -0.2) is 45.1 Å². The molecule has 7 nitrogen and oxygen atoms in total. The SMILES string of the molecule is CC(C)CNC(=S)N(CCNC(=O)Cc1cncn1Cc1ccc(C#N)cc1)Cc1cccc(Cl)c1Cl. The molecule has 2 N–H and O–H groups in total. The number of carbonyl (C=O) groups excluding carboxylic acids is 1. The van der Waals surface area contributed by atoms with Gasteiger partial charge in [0.15, 0.2) is 5.11 Å². The zero-order valence-corrected chi connectivity index (χ0v) is 23.2. The number of thiocarbonyl (C=S) groups is 1. The van der Waals surface area contributed by atoms with Gasteiger partial charge in [0.2, 0.25) is 5.91 Å². The quantitative estimate of drug-likeness (QED) is 0.330. The molecule has 0 atom stereocenters. The molecule has 0 saturated heterocycles. The Morgan fingerprint density at radius 2 is 1.95 bits per heavy atom. The Balaban J connectivity index is 1.57. The fourth-order valence-electron chi connectivity index (χ4n) is 3.61. The lowest BCUT2D eigenvalue weighted by Gasteiger charge is -2.27. The Labute approximate surface area is 233 Å². The Morgan fingerprint density at radius 3 is 2.65 bits per heavy atom. The third-order valence-electron chi connectivity index (χ3n) is 5.62. The summed E-state index contributed by atoms with van der Waals surface area (Å²) in [5.41, 5.74) is 3.30. The van der Waals surface area contributed by atoms with Crippen molar-refractivity contribution < 1.29 is 4.79 Å². The van der Waals surface area contributed by atoms with Crippen molar-refractivity contribution in [3.63, 3.8) is 0 Å². The van der Waals surface area contributed by atoms with Crippen molar-refractivity contribution in [2.24, 2.45) is 5.92 Å². The van der Waals surface area contributed by atoms with Crippen molar-refractivity contribution in [2.75, 3.05) is 19.6 Å². The number of hydrogen-bond acceptors (Lipinski definition) is 4. The lowest BCUT2D eigenvalue weighted by molar-refractivity contribution is -0.120. The van der Waals surface area contributed by atoms with Crippen molar-refractivity contribution >= 4 is 46.4 Å². The smallest absolute Gasteiger partial charge is 0.226 e. The molecule has 1 heterocycles. The van der Waals surface area contributed by atoms with E-state index in [0.29, 0.717) is 52.8 Å². The fraction of sp³-hybridized carbons (Fsp3) is 0.333. The molecule has 0 bridgehead atoms. The number of aromatic nitrogens is 2. The molecule has 0 aliphatic carbocycles. The highest BCUT2D eigenvalue weighted by molar-refractivity contribution is 7.80. The minimum atomic E-state index is -0.108. The van der Waals surface area contributed by atoms with E-state index in [9.17, 15) is 4.79 Å². The molecule has 194 valence electrons. The van der Waals surface area contributed by atoms with E-state index in [-0.39, 0.29) is 12.3 Å². The van der Waals surface area contributed by atoms with Crippen LogP contribution in [-0.2, 0) is 24.3 Å². The summed E-state index contributed by atoms with van der Waals surface area (Å²) in [6.45, 7) is 6.91. The zero-order valence-electron chi connectivity index (χ0n) is 20.9. The first kappa shape index (κ1) is 28.5. The monoisotopic (exact) mass is 556 g/mol. The molecule has 1 amide bonds. The minimum Gasteiger partial charge on any atom is -0.362 e. The average molecular weight is 558 g/mol. The molecule has 0 aliphatic heterocycles. The van der Waals surface area contributed by atoms with E-state index in [0.717, 1.165) is 23.4 Å². The lowest BCUT2D eigenvalue weighted by atomic mass is 10.1. The number of imidazole rings is 1. The number of hydrogen-bond donors (Lipinski definition) is 2. The van der Waals surface area contributed by atoms with Gasteiger partial charge >= 0.3 is 0 Å². The molecule has 3 rings (SSSR count). The second-order valence-electron chi connectivity index (χ2n) is 9.06. The second-order valence-corrected chi connectivity index (χ2v) is 10.2. The topological polar surface area (TPSA) is 86.0 Å². The van der Waals surface area contributed by atoms with Crippen LogP contribution in [0.2, 0.25) is 10.0 Å². The number of amides is 1. The number of benzene rings is 2. The van der Waals surface area contributed by atoms with Crippen molar-refractivity contribution in [3.8, 4) is 6.07 Å². The molecule has 0 aliphatic rings. The summed E-state index contributed by atoms with van der Waals surface area (Å²) in [5, 5.41) is 16.8. The van der Waals surface area contributed by atoms with Crippen LogP contribution in [0.5, 0.6) is 0 Å². The molecule has 0 saturated carbocycles. The van der Waals surface area contributed by atoms with Crippen LogP contribution >= 0.6 is 35.4 Å². The number of nitrogens with one attached hydrogen (secondary N) is 2. The Bertz CT molecular complexity index is 1250. The summed E-state index contributed by atoms with van der Waals surface area (Å²) >= 11 is 18.2. The van der Waals surface area contributed by atoms with E-state index < -0.39 is 0 Å². The van der Waals surface area contributed by atoms with Crippen LogP contribution in [0.3, 0.4) is 0 Å². The van der Waals surface area contributed by atoms with Crippen LogP contribution in [0.4, 0.5) is 0 Å². The summed E-state index contributed by atoms with van der Waals surface area (Å²) in [4.78, 5) is 18.9. The molecule has 1 aromatic heterocycles. The van der Waals surface area contributed by atoms with Gasteiger partial charge in [-0.05, 0) is 47.5 Å². The maximum Gasteiger partial charge on any atom is 0.226 e. The molecule has 0 radical (unpaired) electrons. The van der Waals surface area contributed by atoms with Crippen molar-refractivity contribution in [1.29, 1.82) is 5.26 Å². The molecule has 0 unspecified atom stereocenters. The number of halogens is 2. The van der Waals surface area contributed by atoms with Crippen LogP contribution < -0.4 is 10.6 Å². The summed E-state index contributed by atoms with van der Waals surface area (Å²) in [7, 11) is 0. The average Bonchev–Trinajstić information content (AvgIpc) is 3.31. The van der Waals surface area contributed by atoms with Gasteiger partial charge in [0.05, 0.1) is 34.4 Å². The van der Waals surface area contributed by atoms with E-state index in [2.05, 4.69) is 35.5 Å². The third-order valence-corrected chi connectivity index (χ3v) is 6.88.